The third-order valence-corrected chi connectivity index (χ3v) is 5.15. The number of benzene rings is 1. The number of hydrogen-bond donors (Lipinski definition) is 0. The molecule has 1 aliphatic heterocycles. The Kier molecular flexibility index (Phi) is 4.46. The Balaban J connectivity index is 1.88. The number of aryl methyl sites for hydroxylation is 1. The highest BCUT2D eigenvalue weighted by molar-refractivity contribution is 7.17. The summed E-state index contributed by atoms with van der Waals surface area (Å²) in [5.41, 5.74) is 1.53. The third-order valence-electron chi connectivity index (χ3n) is 3.95. The number of amides is 1. The first kappa shape index (κ1) is 16.1. The van der Waals surface area contributed by atoms with Gasteiger partial charge in [-0.2, -0.15) is 0 Å². The zero-order chi connectivity index (χ0) is 16.6. The summed E-state index contributed by atoms with van der Waals surface area (Å²) in [7, 11) is 0. The van der Waals surface area contributed by atoms with Gasteiger partial charge in [-0.25, -0.2) is 9.37 Å². The maximum atomic E-state index is 13.0. The van der Waals surface area contributed by atoms with Crippen molar-refractivity contribution in [1.29, 1.82) is 0 Å². The number of thiazole rings is 1. The lowest BCUT2D eigenvalue weighted by Crippen LogP contribution is -2.50. The normalized spacial score (nSPS) is 21.5. The molecule has 0 radical (unpaired) electrons. The smallest absolute Gasteiger partial charge is 0.266 e. The fourth-order valence-electron chi connectivity index (χ4n) is 2.63. The molecule has 2 heterocycles. The molecule has 6 heteroatoms. The second kappa shape index (κ2) is 6.37. The van der Waals surface area contributed by atoms with Crippen LogP contribution < -0.4 is 0 Å². The number of carbonyl (C=O) groups excluding carboxylic acids is 1. The van der Waals surface area contributed by atoms with Gasteiger partial charge in [0.25, 0.3) is 5.91 Å². The van der Waals surface area contributed by atoms with Gasteiger partial charge in [-0.15, -0.1) is 11.3 Å². The molecule has 4 nitrogen and oxygen atoms in total. The predicted octanol–water partition coefficient (Wildman–Crippen LogP) is 3.51. The molecule has 3 rings (SSSR count). The van der Waals surface area contributed by atoms with Crippen LogP contribution in [0.15, 0.2) is 24.3 Å². The average Bonchev–Trinajstić information content (AvgIpc) is 2.91. The van der Waals surface area contributed by atoms with Crippen LogP contribution in [0.4, 0.5) is 4.39 Å². The second-order valence-electron chi connectivity index (χ2n) is 5.89. The van der Waals surface area contributed by atoms with Crippen molar-refractivity contribution in [2.24, 2.45) is 0 Å². The summed E-state index contributed by atoms with van der Waals surface area (Å²) in [5.74, 6) is -0.287. The molecular weight excluding hydrogens is 315 g/mol. The number of rotatable bonds is 2. The lowest BCUT2D eigenvalue weighted by atomic mass is 10.2. The zero-order valence-corrected chi connectivity index (χ0v) is 14.2. The monoisotopic (exact) mass is 334 g/mol. The third kappa shape index (κ3) is 3.28. The highest BCUT2D eigenvalue weighted by Gasteiger charge is 2.30. The molecule has 1 aromatic heterocycles. The summed E-state index contributed by atoms with van der Waals surface area (Å²) in [5, 5.41) is 0.736. The van der Waals surface area contributed by atoms with Gasteiger partial charge in [0.05, 0.1) is 24.4 Å². The molecule has 1 amide bonds. The van der Waals surface area contributed by atoms with Crippen molar-refractivity contribution in [1.82, 2.24) is 9.88 Å². The van der Waals surface area contributed by atoms with Crippen LogP contribution in [-0.2, 0) is 4.74 Å². The number of halogens is 1. The quantitative estimate of drug-likeness (QED) is 0.844. The number of hydrogen-bond acceptors (Lipinski definition) is 4. The van der Waals surface area contributed by atoms with E-state index in [4.69, 9.17) is 4.74 Å². The first-order valence-electron chi connectivity index (χ1n) is 7.61. The molecular formula is C17H19FN2O2S. The largest absolute Gasteiger partial charge is 0.375 e. The van der Waals surface area contributed by atoms with Crippen molar-refractivity contribution in [2.45, 2.75) is 32.9 Å². The van der Waals surface area contributed by atoms with Crippen molar-refractivity contribution in [3.05, 3.63) is 40.7 Å². The molecule has 0 saturated carbocycles. The van der Waals surface area contributed by atoms with Crippen molar-refractivity contribution in [3.63, 3.8) is 0 Å². The Morgan fingerprint density at radius 1 is 1.35 bits per heavy atom. The van der Waals surface area contributed by atoms with E-state index < -0.39 is 0 Å². The van der Waals surface area contributed by atoms with E-state index in [9.17, 15) is 9.18 Å². The summed E-state index contributed by atoms with van der Waals surface area (Å²) in [6, 6.07) is 6.22. The summed E-state index contributed by atoms with van der Waals surface area (Å²) >= 11 is 1.36. The topological polar surface area (TPSA) is 42.4 Å². The van der Waals surface area contributed by atoms with Crippen LogP contribution in [0.1, 0.15) is 29.2 Å². The standard InChI is InChI=1S/C17H19FN2O2S/c1-10-9-22-11(2)8-20(10)17(21)15-12(3)19-16(23-15)13-4-6-14(18)7-5-13/h4-7,10-11H,8-9H2,1-3H3. The summed E-state index contributed by atoms with van der Waals surface area (Å²) in [6.07, 6.45) is 0.0416. The first-order valence-corrected chi connectivity index (χ1v) is 8.43. The fourth-order valence-corrected chi connectivity index (χ4v) is 3.66. The lowest BCUT2D eigenvalue weighted by molar-refractivity contribution is -0.0385. The Labute approximate surface area is 138 Å². The highest BCUT2D eigenvalue weighted by atomic mass is 32.1. The first-order chi connectivity index (χ1) is 11.0. The molecule has 0 aliphatic carbocycles. The van der Waals surface area contributed by atoms with Crippen LogP contribution in [-0.4, -0.2) is 41.1 Å². The van der Waals surface area contributed by atoms with E-state index in [1.165, 1.54) is 23.5 Å². The van der Waals surface area contributed by atoms with Crippen LogP contribution >= 0.6 is 11.3 Å². The van der Waals surface area contributed by atoms with Crippen LogP contribution in [0.5, 0.6) is 0 Å². The maximum absolute atomic E-state index is 13.0. The van der Waals surface area contributed by atoms with Gasteiger partial charge in [-0.1, -0.05) is 0 Å². The number of aromatic nitrogens is 1. The van der Waals surface area contributed by atoms with E-state index in [0.29, 0.717) is 23.7 Å². The van der Waals surface area contributed by atoms with Crippen LogP contribution in [0, 0.1) is 12.7 Å². The fraction of sp³-hybridized carbons (Fsp3) is 0.412. The molecule has 0 N–H and O–H groups in total. The van der Waals surface area contributed by atoms with E-state index in [1.807, 2.05) is 25.7 Å². The van der Waals surface area contributed by atoms with E-state index in [1.54, 1.807) is 12.1 Å². The minimum Gasteiger partial charge on any atom is -0.375 e. The van der Waals surface area contributed by atoms with Crippen molar-refractivity contribution < 1.29 is 13.9 Å². The molecule has 0 spiro atoms. The second-order valence-corrected chi connectivity index (χ2v) is 6.89. The Morgan fingerprint density at radius 3 is 2.74 bits per heavy atom. The maximum Gasteiger partial charge on any atom is 0.266 e. The van der Waals surface area contributed by atoms with Gasteiger partial charge in [-0.05, 0) is 45.0 Å². The minimum atomic E-state index is -0.283. The molecule has 2 aromatic rings. The number of nitrogens with zero attached hydrogens (tertiary/aromatic N) is 2. The molecule has 122 valence electrons. The summed E-state index contributed by atoms with van der Waals surface area (Å²) < 4.78 is 18.6. The highest BCUT2D eigenvalue weighted by Crippen LogP contribution is 2.30. The van der Waals surface area contributed by atoms with Gasteiger partial charge in [0, 0.05) is 12.1 Å². The van der Waals surface area contributed by atoms with E-state index in [0.717, 1.165) is 10.6 Å². The SMILES string of the molecule is Cc1nc(-c2ccc(F)cc2)sc1C(=O)N1CC(C)OCC1C. The lowest BCUT2D eigenvalue weighted by Gasteiger charge is -2.36. The molecule has 1 saturated heterocycles. The molecule has 23 heavy (non-hydrogen) atoms. The van der Waals surface area contributed by atoms with Gasteiger partial charge >= 0.3 is 0 Å². The van der Waals surface area contributed by atoms with Crippen molar-refractivity contribution in [2.75, 3.05) is 13.2 Å². The number of morpholine rings is 1. The average molecular weight is 334 g/mol. The number of carbonyl (C=O) groups is 1. The van der Waals surface area contributed by atoms with Gasteiger partial charge < -0.3 is 9.64 Å². The molecule has 1 fully saturated rings. The Bertz CT molecular complexity index is 714. The van der Waals surface area contributed by atoms with Crippen LogP contribution in [0.25, 0.3) is 10.6 Å². The van der Waals surface area contributed by atoms with Crippen LogP contribution in [0.2, 0.25) is 0 Å². The van der Waals surface area contributed by atoms with Crippen molar-refractivity contribution >= 4 is 17.2 Å². The minimum absolute atomic E-state index is 0.00369. The summed E-state index contributed by atoms with van der Waals surface area (Å²) in [6.45, 7) is 6.93. The van der Waals surface area contributed by atoms with E-state index in [-0.39, 0.29) is 23.9 Å². The van der Waals surface area contributed by atoms with E-state index in [2.05, 4.69) is 4.98 Å². The molecule has 0 bridgehead atoms. The predicted molar refractivity (Wildman–Crippen MR) is 88.2 cm³/mol. The molecule has 1 aromatic carbocycles. The number of ether oxygens (including phenoxy) is 1. The van der Waals surface area contributed by atoms with Gasteiger partial charge in [0.15, 0.2) is 0 Å². The van der Waals surface area contributed by atoms with Gasteiger partial charge in [0.1, 0.15) is 15.7 Å². The zero-order valence-electron chi connectivity index (χ0n) is 13.4. The summed E-state index contributed by atoms with van der Waals surface area (Å²) in [4.78, 5) is 19.8. The molecule has 1 aliphatic rings. The van der Waals surface area contributed by atoms with Crippen molar-refractivity contribution in [3.8, 4) is 10.6 Å². The van der Waals surface area contributed by atoms with Gasteiger partial charge in [-0.3, -0.25) is 4.79 Å². The van der Waals surface area contributed by atoms with Gasteiger partial charge in [0.2, 0.25) is 0 Å². The van der Waals surface area contributed by atoms with Crippen LogP contribution in [0.3, 0.4) is 0 Å². The molecule has 2 atom stereocenters. The molecule has 2 unspecified atom stereocenters. The Morgan fingerprint density at radius 2 is 2.04 bits per heavy atom. The Hall–Kier alpha value is -1.79. The van der Waals surface area contributed by atoms with E-state index >= 15 is 0 Å².